The molecule has 0 radical (unpaired) electrons. The summed E-state index contributed by atoms with van der Waals surface area (Å²) in [7, 11) is -5.09. The first-order valence-corrected chi connectivity index (χ1v) is 18.8. The molecule has 4 rings (SSSR count). The Kier molecular flexibility index (Phi) is 10.5. The smallest absolute Gasteiger partial charge is 0.261 e. The largest absolute Gasteiger partial charge is 0.404 e. The molecule has 0 spiro atoms. The van der Waals surface area contributed by atoms with Crippen LogP contribution in [0.15, 0.2) is 134 Å². The molecule has 4 aromatic carbocycles. The average Bonchev–Trinajstić information content (AvgIpc) is 2.99. The monoisotopic (exact) mass is 608 g/mol. The van der Waals surface area contributed by atoms with Crippen molar-refractivity contribution < 1.29 is 14.0 Å². The van der Waals surface area contributed by atoms with E-state index in [1.54, 1.807) is 6.08 Å². The first kappa shape index (κ1) is 32.8. The Morgan fingerprint density at radius 2 is 1.09 bits per heavy atom. The van der Waals surface area contributed by atoms with Crippen molar-refractivity contribution >= 4 is 38.1 Å². The summed E-state index contributed by atoms with van der Waals surface area (Å²) in [5.41, 5.74) is -1.71. The highest BCUT2D eigenvalue weighted by Crippen LogP contribution is 2.40. The molecule has 0 aliphatic heterocycles. The van der Waals surface area contributed by atoms with Gasteiger partial charge >= 0.3 is 0 Å². The van der Waals surface area contributed by atoms with Gasteiger partial charge in [-0.3, -0.25) is 0 Å². The summed E-state index contributed by atoms with van der Waals surface area (Å²) in [6.45, 7) is 17.4. The van der Waals surface area contributed by atoms with Crippen molar-refractivity contribution in [3.8, 4) is 0 Å². The Morgan fingerprint density at radius 3 is 1.44 bits per heavy atom. The molecule has 0 aromatic heterocycles. The maximum absolute atomic E-state index is 12.8. The Morgan fingerprint density at radius 1 is 0.698 bits per heavy atom. The van der Waals surface area contributed by atoms with E-state index in [1.165, 1.54) is 20.7 Å². The van der Waals surface area contributed by atoms with Gasteiger partial charge < -0.3 is 14.0 Å². The van der Waals surface area contributed by atoms with Gasteiger partial charge in [0.1, 0.15) is 5.60 Å². The van der Waals surface area contributed by atoms with Gasteiger partial charge in [-0.15, -0.1) is 6.58 Å². The molecule has 4 aromatic rings. The molecule has 43 heavy (non-hydrogen) atoms. The summed E-state index contributed by atoms with van der Waals surface area (Å²) in [5.74, 6) is 0. The van der Waals surface area contributed by atoms with Gasteiger partial charge in [0, 0.05) is 0 Å². The summed E-state index contributed by atoms with van der Waals surface area (Å²) >= 11 is 0. The lowest BCUT2D eigenvalue weighted by atomic mass is 9.77. The second-order valence-corrected chi connectivity index (χ2v) is 20.3. The summed E-state index contributed by atoms with van der Waals surface area (Å²) < 4.78 is 14.6. The van der Waals surface area contributed by atoms with Crippen LogP contribution in [0.4, 0.5) is 0 Å². The van der Waals surface area contributed by atoms with Gasteiger partial charge in [0.15, 0.2) is 0 Å². The third-order valence-corrected chi connectivity index (χ3v) is 15.7. The van der Waals surface area contributed by atoms with Crippen LogP contribution in [0.3, 0.4) is 0 Å². The van der Waals surface area contributed by atoms with E-state index in [-0.39, 0.29) is 17.1 Å². The summed E-state index contributed by atoms with van der Waals surface area (Å²) in [4.78, 5) is 0. The molecule has 226 valence electrons. The Labute approximate surface area is 262 Å². The minimum Gasteiger partial charge on any atom is -0.404 e. The normalized spacial score (nSPS) is 14.7. The van der Waals surface area contributed by atoms with Crippen LogP contribution in [0.2, 0.25) is 5.04 Å². The number of aliphatic hydroxyl groups is 1. The minimum atomic E-state index is -2.90. The van der Waals surface area contributed by atoms with E-state index in [1.807, 2.05) is 24.3 Å². The van der Waals surface area contributed by atoms with Gasteiger partial charge in [-0.05, 0) is 37.6 Å². The van der Waals surface area contributed by atoms with Crippen molar-refractivity contribution in [1.82, 2.24) is 0 Å². The predicted molar refractivity (Wildman–Crippen MR) is 187 cm³/mol. The van der Waals surface area contributed by atoms with Crippen LogP contribution in [0, 0.1) is 5.41 Å². The van der Waals surface area contributed by atoms with Crippen molar-refractivity contribution in [2.45, 2.75) is 64.7 Å². The van der Waals surface area contributed by atoms with Gasteiger partial charge in [-0.25, -0.2) is 0 Å². The average molecular weight is 609 g/mol. The van der Waals surface area contributed by atoms with Crippen molar-refractivity contribution in [3.05, 3.63) is 134 Å². The fourth-order valence-electron chi connectivity index (χ4n) is 6.36. The molecule has 0 saturated heterocycles. The zero-order chi connectivity index (χ0) is 31.1. The number of benzene rings is 4. The predicted octanol–water partition coefficient (Wildman–Crippen LogP) is 5.84. The highest BCUT2D eigenvalue weighted by molar-refractivity contribution is 6.99. The lowest BCUT2D eigenvalue weighted by Crippen LogP contribution is -2.69. The molecular weight excluding hydrogens is 561 g/mol. The molecule has 0 aliphatic carbocycles. The van der Waals surface area contributed by atoms with Crippen LogP contribution in [-0.2, 0) is 8.85 Å². The molecule has 5 heteroatoms. The lowest BCUT2D eigenvalue weighted by molar-refractivity contribution is -0.126. The van der Waals surface area contributed by atoms with Crippen LogP contribution in [0.25, 0.3) is 0 Å². The zero-order valence-electron chi connectivity index (χ0n) is 26.7. The highest BCUT2D eigenvalue weighted by atomic mass is 28.4. The van der Waals surface area contributed by atoms with Gasteiger partial charge in [0.25, 0.3) is 8.32 Å². The number of hydrogen-bond acceptors (Lipinski definition) is 3. The molecule has 0 saturated carbocycles. The van der Waals surface area contributed by atoms with E-state index in [9.17, 15) is 5.11 Å². The SMILES string of the molecule is C=CCC(O)(CO[Si](c1ccccc1)(c1ccccc1)C(C)(C)C)C(O[SiH](c1ccccc1)c1ccccc1)C(C)(C)C. The van der Waals surface area contributed by atoms with Gasteiger partial charge in [-0.1, -0.05) is 169 Å². The van der Waals surface area contributed by atoms with Crippen LogP contribution in [0.5, 0.6) is 0 Å². The lowest BCUT2D eigenvalue weighted by Gasteiger charge is -2.48. The second kappa shape index (κ2) is 13.7. The molecule has 0 bridgehead atoms. The standard InChI is InChI=1S/C38H48O3Si2/c1-8-29-38(39,30-40-43(37(5,6)7,33-25-17-11-18-26-33)34-27-19-12-20-28-34)35(36(2,3)4)41-42(31-21-13-9-14-22-31)32-23-15-10-16-24-32/h8-28,35,39,42H,1,29-30H2,2-7H3. The fraction of sp³-hybridized carbons (Fsp3) is 0.316. The topological polar surface area (TPSA) is 38.7 Å². The van der Waals surface area contributed by atoms with E-state index in [0.29, 0.717) is 6.42 Å². The molecule has 2 atom stereocenters. The van der Waals surface area contributed by atoms with Gasteiger partial charge in [0.05, 0.1) is 12.7 Å². The van der Waals surface area contributed by atoms with Crippen molar-refractivity contribution in [2.75, 3.05) is 6.61 Å². The minimum absolute atomic E-state index is 0.124. The van der Waals surface area contributed by atoms with Crippen molar-refractivity contribution in [1.29, 1.82) is 0 Å². The van der Waals surface area contributed by atoms with Crippen molar-refractivity contribution in [3.63, 3.8) is 0 Å². The van der Waals surface area contributed by atoms with Gasteiger partial charge in [-0.2, -0.15) is 0 Å². The molecular formula is C38H48O3Si2. The Balaban J connectivity index is 1.82. The Bertz CT molecular complexity index is 1340. The van der Waals surface area contributed by atoms with Crippen LogP contribution >= 0.6 is 0 Å². The third kappa shape index (κ3) is 7.36. The van der Waals surface area contributed by atoms with Gasteiger partial charge in [0.2, 0.25) is 9.04 Å². The molecule has 0 aliphatic rings. The van der Waals surface area contributed by atoms with E-state index >= 15 is 0 Å². The quantitative estimate of drug-likeness (QED) is 0.162. The van der Waals surface area contributed by atoms with Crippen LogP contribution in [-0.4, -0.2) is 40.8 Å². The van der Waals surface area contributed by atoms with Crippen molar-refractivity contribution in [2.24, 2.45) is 5.41 Å². The maximum atomic E-state index is 12.8. The number of hydrogen-bond donors (Lipinski definition) is 1. The van der Waals surface area contributed by atoms with E-state index in [0.717, 1.165) is 0 Å². The second-order valence-electron chi connectivity index (χ2n) is 13.6. The molecule has 1 N–H and O–H groups in total. The molecule has 0 heterocycles. The summed E-state index contributed by atoms with van der Waals surface area (Å²) in [6, 6.07) is 42.1. The summed E-state index contributed by atoms with van der Waals surface area (Å²) in [6.07, 6.45) is 1.63. The Hall–Kier alpha value is -3.07. The van der Waals surface area contributed by atoms with Crippen LogP contribution < -0.4 is 20.7 Å². The molecule has 2 unspecified atom stereocenters. The third-order valence-electron chi connectivity index (χ3n) is 8.20. The number of rotatable bonds is 12. The van der Waals surface area contributed by atoms with Crippen LogP contribution in [0.1, 0.15) is 48.0 Å². The maximum Gasteiger partial charge on any atom is 0.261 e. The molecule has 0 amide bonds. The summed E-state index contributed by atoms with van der Waals surface area (Å²) in [5, 5.41) is 17.3. The van der Waals surface area contributed by atoms with E-state index < -0.39 is 29.1 Å². The molecule has 3 nitrogen and oxygen atoms in total. The first-order chi connectivity index (χ1) is 20.4. The highest BCUT2D eigenvalue weighted by Gasteiger charge is 2.53. The zero-order valence-corrected chi connectivity index (χ0v) is 28.8. The molecule has 0 fully saturated rings. The fourth-order valence-corrected chi connectivity index (χ4v) is 13.8. The first-order valence-electron chi connectivity index (χ1n) is 15.3. The van der Waals surface area contributed by atoms with E-state index in [2.05, 4.69) is 145 Å². The van der Waals surface area contributed by atoms with E-state index in [4.69, 9.17) is 8.85 Å².